The highest BCUT2D eigenvalue weighted by atomic mass is 15.1. The van der Waals surface area contributed by atoms with Crippen molar-refractivity contribution in [1.82, 2.24) is 9.55 Å². The van der Waals surface area contributed by atoms with Crippen LogP contribution < -0.4 is 5.73 Å². The quantitative estimate of drug-likeness (QED) is 0.708. The van der Waals surface area contributed by atoms with E-state index in [0.29, 0.717) is 12.0 Å². The van der Waals surface area contributed by atoms with Crippen LogP contribution in [-0.4, -0.2) is 9.55 Å². The van der Waals surface area contributed by atoms with Crippen LogP contribution in [0.2, 0.25) is 0 Å². The first-order chi connectivity index (χ1) is 8.56. The lowest BCUT2D eigenvalue weighted by molar-refractivity contribution is 0.430. The predicted molar refractivity (Wildman–Crippen MR) is 77.5 cm³/mol. The molecule has 1 aromatic rings. The molecule has 18 heavy (non-hydrogen) atoms. The van der Waals surface area contributed by atoms with Crippen LogP contribution in [0.1, 0.15) is 77.6 Å². The van der Waals surface area contributed by atoms with Crippen LogP contribution in [0.25, 0.3) is 0 Å². The maximum Gasteiger partial charge on any atom is 0.0951 e. The number of nitrogens with zero attached hydrogens (tertiary/aromatic N) is 2. The summed E-state index contributed by atoms with van der Waals surface area (Å²) in [6.07, 6.45) is 9.98. The molecule has 3 nitrogen and oxygen atoms in total. The summed E-state index contributed by atoms with van der Waals surface area (Å²) in [5.41, 5.74) is 7.46. The fraction of sp³-hybridized carbons (Fsp3) is 0.800. The van der Waals surface area contributed by atoms with Gasteiger partial charge >= 0.3 is 0 Å². The number of unbranched alkanes of at least 4 members (excludes halogenated alkanes) is 2. The molecule has 0 radical (unpaired) electrons. The van der Waals surface area contributed by atoms with E-state index in [4.69, 9.17) is 5.73 Å². The van der Waals surface area contributed by atoms with Crippen LogP contribution in [0.3, 0.4) is 0 Å². The number of aromatic nitrogens is 2. The van der Waals surface area contributed by atoms with Crippen molar-refractivity contribution in [2.45, 2.75) is 71.9 Å². The molecule has 0 aliphatic carbocycles. The van der Waals surface area contributed by atoms with Gasteiger partial charge in [0.05, 0.1) is 12.0 Å². The number of nitrogens with two attached hydrogens (primary N) is 1. The zero-order valence-corrected chi connectivity index (χ0v) is 12.4. The van der Waals surface area contributed by atoms with E-state index in [2.05, 4.69) is 37.2 Å². The summed E-state index contributed by atoms with van der Waals surface area (Å²) in [6.45, 7) is 8.94. The fourth-order valence-corrected chi connectivity index (χ4v) is 2.43. The Bertz CT molecular complexity index is 330. The van der Waals surface area contributed by atoms with Gasteiger partial charge < -0.3 is 10.3 Å². The van der Waals surface area contributed by atoms with Gasteiger partial charge in [0.1, 0.15) is 0 Å². The van der Waals surface area contributed by atoms with E-state index in [1.807, 2.05) is 12.5 Å². The van der Waals surface area contributed by atoms with Gasteiger partial charge in [-0.3, -0.25) is 0 Å². The maximum absolute atomic E-state index is 6.27. The molecule has 0 amide bonds. The minimum Gasteiger partial charge on any atom is -0.330 e. The monoisotopic (exact) mass is 251 g/mol. The van der Waals surface area contributed by atoms with Gasteiger partial charge in [-0.1, -0.05) is 40.0 Å². The molecule has 0 fully saturated rings. The van der Waals surface area contributed by atoms with Gasteiger partial charge in [-0.05, 0) is 25.7 Å². The highest BCUT2D eigenvalue weighted by Gasteiger charge is 2.16. The molecule has 1 rings (SSSR count). The van der Waals surface area contributed by atoms with E-state index >= 15 is 0 Å². The Morgan fingerprint density at radius 3 is 2.61 bits per heavy atom. The highest BCUT2D eigenvalue weighted by molar-refractivity contribution is 5.06. The summed E-state index contributed by atoms with van der Waals surface area (Å²) in [6, 6.07) is 0.619. The molecular formula is C15H29N3. The minimum atomic E-state index is 0.112. The zero-order valence-electron chi connectivity index (χ0n) is 12.4. The summed E-state index contributed by atoms with van der Waals surface area (Å²) in [5, 5.41) is 0. The van der Waals surface area contributed by atoms with Crippen molar-refractivity contribution in [2.24, 2.45) is 11.7 Å². The third-order valence-electron chi connectivity index (χ3n) is 3.50. The normalized spacial score (nSPS) is 15.0. The van der Waals surface area contributed by atoms with E-state index in [-0.39, 0.29) is 6.04 Å². The molecule has 0 saturated carbocycles. The van der Waals surface area contributed by atoms with Crippen molar-refractivity contribution in [2.75, 3.05) is 0 Å². The summed E-state index contributed by atoms with van der Waals surface area (Å²) < 4.78 is 2.27. The van der Waals surface area contributed by atoms with Gasteiger partial charge in [0.15, 0.2) is 0 Å². The molecule has 2 unspecified atom stereocenters. The van der Waals surface area contributed by atoms with Gasteiger partial charge in [0.2, 0.25) is 0 Å². The number of rotatable bonds is 8. The van der Waals surface area contributed by atoms with Gasteiger partial charge in [0, 0.05) is 18.3 Å². The summed E-state index contributed by atoms with van der Waals surface area (Å²) >= 11 is 0. The molecule has 1 aromatic heterocycles. The number of imidazole rings is 1. The van der Waals surface area contributed by atoms with Gasteiger partial charge in [0.25, 0.3) is 0 Å². The second-order valence-corrected chi connectivity index (χ2v) is 5.81. The summed E-state index contributed by atoms with van der Waals surface area (Å²) in [5.74, 6) is 0.624. The number of hydrogen-bond acceptors (Lipinski definition) is 2. The average molecular weight is 251 g/mol. The van der Waals surface area contributed by atoms with Crippen molar-refractivity contribution in [1.29, 1.82) is 0 Å². The van der Waals surface area contributed by atoms with Crippen LogP contribution in [0, 0.1) is 5.92 Å². The molecule has 2 N–H and O–H groups in total. The van der Waals surface area contributed by atoms with E-state index in [1.165, 1.54) is 31.4 Å². The molecule has 0 spiro atoms. The van der Waals surface area contributed by atoms with E-state index < -0.39 is 0 Å². The average Bonchev–Trinajstić information content (AvgIpc) is 2.77. The number of hydrogen-bond donors (Lipinski definition) is 1. The Kier molecular flexibility index (Phi) is 6.41. The Balaban J connectivity index is 2.63. The standard InChI is InChI=1S/C15H29N3/c1-5-6-7-8-13(4)18-11-17-10-15(18)14(16)9-12(2)3/h10-14H,5-9,16H2,1-4H3. The van der Waals surface area contributed by atoms with Crippen LogP contribution in [0.5, 0.6) is 0 Å². The second kappa shape index (κ2) is 7.57. The van der Waals surface area contributed by atoms with Crippen LogP contribution in [0.15, 0.2) is 12.5 Å². The first-order valence-electron chi connectivity index (χ1n) is 7.33. The minimum absolute atomic E-state index is 0.112. The molecule has 2 atom stereocenters. The van der Waals surface area contributed by atoms with Gasteiger partial charge in [-0.2, -0.15) is 0 Å². The lowest BCUT2D eigenvalue weighted by Crippen LogP contribution is -2.19. The van der Waals surface area contributed by atoms with Crippen LogP contribution >= 0.6 is 0 Å². The van der Waals surface area contributed by atoms with E-state index in [0.717, 1.165) is 6.42 Å². The lowest BCUT2D eigenvalue weighted by Gasteiger charge is -2.21. The summed E-state index contributed by atoms with van der Waals surface area (Å²) in [4.78, 5) is 4.28. The Labute approximate surface area is 112 Å². The largest absolute Gasteiger partial charge is 0.330 e. The molecule has 0 aromatic carbocycles. The third-order valence-corrected chi connectivity index (χ3v) is 3.50. The Morgan fingerprint density at radius 1 is 1.28 bits per heavy atom. The van der Waals surface area contributed by atoms with E-state index in [9.17, 15) is 0 Å². The Hall–Kier alpha value is -0.830. The first-order valence-corrected chi connectivity index (χ1v) is 7.33. The van der Waals surface area contributed by atoms with Crippen molar-refractivity contribution in [3.63, 3.8) is 0 Å². The second-order valence-electron chi connectivity index (χ2n) is 5.81. The SMILES string of the molecule is CCCCCC(C)n1cncc1C(N)CC(C)C. The topological polar surface area (TPSA) is 43.8 Å². The van der Waals surface area contributed by atoms with Crippen molar-refractivity contribution >= 4 is 0 Å². The van der Waals surface area contributed by atoms with Crippen molar-refractivity contribution in [3.8, 4) is 0 Å². The maximum atomic E-state index is 6.27. The van der Waals surface area contributed by atoms with Gasteiger partial charge in [-0.25, -0.2) is 4.98 Å². The molecule has 0 aliphatic rings. The van der Waals surface area contributed by atoms with Crippen molar-refractivity contribution in [3.05, 3.63) is 18.2 Å². The molecule has 0 saturated heterocycles. The molecule has 0 aliphatic heterocycles. The molecule has 1 heterocycles. The summed E-state index contributed by atoms with van der Waals surface area (Å²) in [7, 11) is 0. The Morgan fingerprint density at radius 2 is 2.00 bits per heavy atom. The van der Waals surface area contributed by atoms with Crippen LogP contribution in [0.4, 0.5) is 0 Å². The van der Waals surface area contributed by atoms with Gasteiger partial charge in [-0.15, -0.1) is 0 Å². The molecule has 104 valence electrons. The van der Waals surface area contributed by atoms with Crippen molar-refractivity contribution < 1.29 is 0 Å². The van der Waals surface area contributed by atoms with E-state index in [1.54, 1.807) is 0 Å². The zero-order chi connectivity index (χ0) is 13.5. The smallest absolute Gasteiger partial charge is 0.0951 e. The first kappa shape index (κ1) is 15.2. The highest BCUT2D eigenvalue weighted by Crippen LogP contribution is 2.23. The molecule has 3 heteroatoms. The fourth-order valence-electron chi connectivity index (χ4n) is 2.43. The van der Waals surface area contributed by atoms with Crippen LogP contribution in [-0.2, 0) is 0 Å². The predicted octanol–water partition coefficient (Wildman–Crippen LogP) is 4.07. The third kappa shape index (κ3) is 4.45. The lowest BCUT2D eigenvalue weighted by atomic mass is 10.0. The molecular weight excluding hydrogens is 222 g/mol. The molecule has 0 bridgehead atoms.